The molecule has 4 nitrogen and oxygen atoms in total. The van der Waals surface area contributed by atoms with Gasteiger partial charge in [0.15, 0.2) is 0 Å². The minimum atomic E-state index is -0.979. The monoisotopic (exact) mass is 249 g/mol. The van der Waals surface area contributed by atoms with Gasteiger partial charge in [-0.3, -0.25) is 4.79 Å². The van der Waals surface area contributed by atoms with E-state index in [4.69, 9.17) is 0 Å². The molecule has 2 N–H and O–H groups in total. The Kier molecular flexibility index (Phi) is 5.36. The summed E-state index contributed by atoms with van der Waals surface area (Å²) in [7, 11) is 0. The predicted octanol–water partition coefficient (Wildman–Crippen LogP) is 2.31. The van der Waals surface area contributed by atoms with E-state index in [9.17, 15) is 14.7 Å². The van der Waals surface area contributed by atoms with E-state index in [1.165, 1.54) is 0 Å². The molecule has 0 heterocycles. The number of carbonyl (C=O) groups is 2. The summed E-state index contributed by atoms with van der Waals surface area (Å²) in [5, 5.41) is 11.8. The first-order chi connectivity index (χ1) is 8.60. The zero-order chi connectivity index (χ0) is 13.5. The van der Waals surface area contributed by atoms with Crippen molar-refractivity contribution in [2.45, 2.75) is 32.7 Å². The highest BCUT2D eigenvalue weighted by molar-refractivity contribution is 5.96. The van der Waals surface area contributed by atoms with Crippen LogP contribution >= 0.6 is 0 Å². The van der Waals surface area contributed by atoms with Gasteiger partial charge >= 0.3 is 5.97 Å². The Hall–Kier alpha value is -1.84. The lowest BCUT2D eigenvalue weighted by molar-refractivity contribution is -0.140. The van der Waals surface area contributed by atoms with Crippen LogP contribution in [0.15, 0.2) is 30.3 Å². The number of hydrogen-bond donors (Lipinski definition) is 2. The number of hydrogen-bond acceptors (Lipinski definition) is 2. The average Bonchev–Trinajstić information content (AvgIpc) is 2.39. The molecule has 0 saturated heterocycles. The molecule has 0 aliphatic heterocycles. The van der Waals surface area contributed by atoms with Crippen LogP contribution in [0.1, 0.15) is 37.0 Å². The van der Waals surface area contributed by atoms with Crippen molar-refractivity contribution in [2.24, 2.45) is 5.92 Å². The van der Waals surface area contributed by atoms with Gasteiger partial charge in [0.05, 0.1) is 0 Å². The second kappa shape index (κ2) is 6.79. The van der Waals surface area contributed by atoms with E-state index in [1.54, 1.807) is 24.3 Å². The zero-order valence-corrected chi connectivity index (χ0v) is 10.7. The summed E-state index contributed by atoms with van der Waals surface area (Å²) in [5.41, 5.74) is 0.481. The fraction of sp³-hybridized carbons (Fsp3) is 0.429. The Bertz CT molecular complexity index is 399. The number of aliphatic carboxylic acids is 1. The second-order valence-corrected chi connectivity index (χ2v) is 4.23. The van der Waals surface area contributed by atoms with Gasteiger partial charge in [-0.15, -0.1) is 0 Å². The van der Waals surface area contributed by atoms with Crippen LogP contribution in [0.2, 0.25) is 0 Å². The van der Waals surface area contributed by atoms with E-state index in [0.29, 0.717) is 5.56 Å². The van der Waals surface area contributed by atoms with Gasteiger partial charge < -0.3 is 10.4 Å². The molecule has 1 amide bonds. The molecule has 4 heteroatoms. The third kappa shape index (κ3) is 3.58. The lowest BCUT2D eigenvalue weighted by atomic mass is 9.94. The molecular weight excluding hydrogens is 230 g/mol. The van der Waals surface area contributed by atoms with E-state index >= 15 is 0 Å². The first-order valence-electron chi connectivity index (χ1n) is 6.18. The summed E-state index contributed by atoms with van der Waals surface area (Å²) >= 11 is 0. The van der Waals surface area contributed by atoms with Gasteiger partial charge in [-0.05, 0) is 18.1 Å². The van der Waals surface area contributed by atoms with Crippen LogP contribution in [0.3, 0.4) is 0 Å². The van der Waals surface area contributed by atoms with Crippen molar-refractivity contribution in [3.05, 3.63) is 35.9 Å². The van der Waals surface area contributed by atoms with Crippen LogP contribution in [0.4, 0.5) is 0 Å². The first kappa shape index (κ1) is 14.2. The summed E-state index contributed by atoms with van der Waals surface area (Å²) in [4.78, 5) is 23.1. The predicted molar refractivity (Wildman–Crippen MR) is 69.4 cm³/mol. The Balaban J connectivity index is 2.79. The molecule has 0 bridgehead atoms. The average molecular weight is 249 g/mol. The van der Waals surface area contributed by atoms with Crippen LogP contribution in [0, 0.1) is 5.92 Å². The van der Waals surface area contributed by atoms with Crippen molar-refractivity contribution in [3.63, 3.8) is 0 Å². The van der Waals surface area contributed by atoms with E-state index in [-0.39, 0.29) is 11.8 Å². The van der Waals surface area contributed by atoms with Crippen molar-refractivity contribution in [1.82, 2.24) is 5.32 Å². The molecule has 0 saturated carbocycles. The summed E-state index contributed by atoms with van der Waals surface area (Å²) in [6.45, 7) is 3.86. The smallest absolute Gasteiger partial charge is 0.326 e. The molecule has 0 spiro atoms. The maximum Gasteiger partial charge on any atom is 0.326 e. The van der Waals surface area contributed by atoms with Gasteiger partial charge in [-0.1, -0.05) is 44.9 Å². The number of rotatable bonds is 6. The largest absolute Gasteiger partial charge is 0.480 e. The molecular formula is C14H19NO3. The fourth-order valence-corrected chi connectivity index (χ4v) is 1.96. The SMILES string of the molecule is CCC(CC)C(NC(=O)c1ccccc1)C(=O)O. The number of carbonyl (C=O) groups excluding carboxylic acids is 1. The number of carboxylic acids is 1. The molecule has 0 radical (unpaired) electrons. The van der Waals surface area contributed by atoms with Crippen molar-refractivity contribution in [1.29, 1.82) is 0 Å². The van der Waals surface area contributed by atoms with Gasteiger partial charge in [0.1, 0.15) is 6.04 Å². The third-order valence-corrected chi connectivity index (χ3v) is 3.11. The Morgan fingerprint density at radius 1 is 1.17 bits per heavy atom. The Morgan fingerprint density at radius 2 is 1.72 bits per heavy atom. The molecule has 0 fully saturated rings. The molecule has 1 aromatic rings. The molecule has 0 aromatic heterocycles. The number of carboxylic acid groups (broad SMARTS) is 1. The molecule has 98 valence electrons. The first-order valence-corrected chi connectivity index (χ1v) is 6.18. The van der Waals surface area contributed by atoms with Gasteiger partial charge in [0.2, 0.25) is 0 Å². The van der Waals surface area contributed by atoms with Gasteiger partial charge in [-0.2, -0.15) is 0 Å². The molecule has 1 aromatic carbocycles. The maximum atomic E-state index is 11.9. The highest BCUT2D eigenvalue weighted by atomic mass is 16.4. The van der Waals surface area contributed by atoms with Crippen molar-refractivity contribution >= 4 is 11.9 Å². The topological polar surface area (TPSA) is 66.4 Å². The van der Waals surface area contributed by atoms with E-state index in [0.717, 1.165) is 12.8 Å². The van der Waals surface area contributed by atoms with Gasteiger partial charge in [-0.25, -0.2) is 4.79 Å². The summed E-state index contributed by atoms with van der Waals surface area (Å²) in [6, 6.07) is 7.82. The standard InChI is InChI=1S/C14H19NO3/c1-3-10(4-2)12(14(17)18)15-13(16)11-8-6-5-7-9-11/h5-10,12H,3-4H2,1-2H3,(H,15,16)(H,17,18). The summed E-state index contributed by atoms with van der Waals surface area (Å²) in [5.74, 6) is -1.36. The van der Waals surface area contributed by atoms with E-state index in [2.05, 4.69) is 5.32 Å². The molecule has 0 aliphatic carbocycles. The third-order valence-electron chi connectivity index (χ3n) is 3.11. The van der Waals surface area contributed by atoms with Crippen LogP contribution in [0.25, 0.3) is 0 Å². The number of benzene rings is 1. The number of nitrogens with one attached hydrogen (secondary N) is 1. The molecule has 18 heavy (non-hydrogen) atoms. The van der Waals surface area contributed by atoms with Crippen molar-refractivity contribution in [2.75, 3.05) is 0 Å². The van der Waals surface area contributed by atoms with E-state index in [1.807, 2.05) is 19.9 Å². The van der Waals surface area contributed by atoms with Crippen LogP contribution in [-0.2, 0) is 4.79 Å². The van der Waals surface area contributed by atoms with Crippen molar-refractivity contribution in [3.8, 4) is 0 Å². The van der Waals surface area contributed by atoms with Gasteiger partial charge in [0, 0.05) is 5.56 Å². The quantitative estimate of drug-likeness (QED) is 0.813. The second-order valence-electron chi connectivity index (χ2n) is 4.23. The zero-order valence-electron chi connectivity index (χ0n) is 10.7. The van der Waals surface area contributed by atoms with Crippen molar-refractivity contribution < 1.29 is 14.7 Å². The van der Waals surface area contributed by atoms with Crippen LogP contribution < -0.4 is 5.32 Å². The molecule has 1 unspecified atom stereocenters. The highest BCUT2D eigenvalue weighted by Crippen LogP contribution is 2.14. The Morgan fingerprint density at radius 3 is 2.17 bits per heavy atom. The minimum Gasteiger partial charge on any atom is -0.480 e. The lowest BCUT2D eigenvalue weighted by Gasteiger charge is -2.22. The summed E-state index contributed by atoms with van der Waals surface area (Å²) in [6.07, 6.45) is 1.45. The Labute approximate surface area is 107 Å². The fourth-order valence-electron chi connectivity index (χ4n) is 1.96. The minimum absolute atomic E-state index is 0.0461. The highest BCUT2D eigenvalue weighted by Gasteiger charge is 2.27. The molecule has 1 rings (SSSR count). The van der Waals surface area contributed by atoms with E-state index < -0.39 is 12.0 Å². The van der Waals surface area contributed by atoms with Crippen LogP contribution in [-0.4, -0.2) is 23.0 Å². The molecule has 0 aliphatic rings. The molecule has 1 atom stereocenters. The summed E-state index contributed by atoms with van der Waals surface area (Å²) < 4.78 is 0. The number of amides is 1. The van der Waals surface area contributed by atoms with Crippen LogP contribution in [0.5, 0.6) is 0 Å². The van der Waals surface area contributed by atoms with Gasteiger partial charge in [0.25, 0.3) is 5.91 Å². The maximum absolute atomic E-state index is 11.9. The lowest BCUT2D eigenvalue weighted by Crippen LogP contribution is -2.45. The normalized spacial score (nSPS) is 12.2.